The van der Waals surface area contributed by atoms with Crippen molar-refractivity contribution in [3.63, 3.8) is 0 Å². The predicted molar refractivity (Wildman–Crippen MR) is 122 cm³/mol. The second kappa shape index (κ2) is 9.14. The van der Waals surface area contributed by atoms with Crippen LogP contribution in [0.1, 0.15) is 5.56 Å². The highest BCUT2D eigenvalue weighted by atomic mass is 19.2. The van der Waals surface area contributed by atoms with Crippen molar-refractivity contribution in [2.45, 2.75) is 6.54 Å². The van der Waals surface area contributed by atoms with Crippen LogP contribution in [0.25, 0.3) is 22.6 Å². The summed E-state index contributed by atoms with van der Waals surface area (Å²) in [6.07, 6.45) is 0. The molecule has 10 heteroatoms. The number of anilines is 1. The van der Waals surface area contributed by atoms with Gasteiger partial charge in [0, 0.05) is 43.4 Å². The van der Waals surface area contributed by atoms with Crippen LogP contribution >= 0.6 is 0 Å². The molecule has 34 heavy (non-hydrogen) atoms. The zero-order valence-electron chi connectivity index (χ0n) is 18.5. The summed E-state index contributed by atoms with van der Waals surface area (Å²) in [5.41, 5.74) is 2.00. The fraction of sp³-hybridized carbons (Fsp3) is 0.250. The molecule has 0 atom stereocenters. The first-order valence-corrected chi connectivity index (χ1v) is 10.9. The molecule has 0 unspecified atom stereocenters. The van der Waals surface area contributed by atoms with E-state index in [1.807, 2.05) is 24.3 Å². The van der Waals surface area contributed by atoms with E-state index in [4.69, 9.17) is 4.52 Å². The van der Waals surface area contributed by atoms with Gasteiger partial charge in [-0.05, 0) is 42.9 Å². The molecule has 1 fully saturated rings. The fourth-order valence-electron chi connectivity index (χ4n) is 3.81. The summed E-state index contributed by atoms with van der Waals surface area (Å²) in [4.78, 5) is 21.3. The number of rotatable bonds is 5. The van der Waals surface area contributed by atoms with Crippen LogP contribution in [0.5, 0.6) is 0 Å². The molecule has 174 valence electrons. The van der Waals surface area contributed by atoms with E-state index in [0.717, 1.165) is 49.4 Å². The average molecular weight is 464 g/mol. The van der Waals surface area contributed by atoms with E-state index in [1.54, 1.807) is 0 Å². The maximum absolute atomic E-state index is 13.6. The number of hydrogen-bond acceptors (Lipinski definition) is 7. The minimum absolute atomic E-state index is 0.188. The molecule has 0 radical (unpaired) electrons. The Morgan fingerprint density at radius 2 is 1.76 bits per heavy atom. The molecule has 3 heterocycles. The molecule has 0 bridgehead atoms. The van der Waals surface area contributed by atoms with Gasteiger partial charge >= 0.3 is 6.01 Å². The minimum Gasteiger partial charge on any atom is -0.322 e. The van der Waals surface area contributed by atoms with Crippen LogP contribution < -0.4 is 10.5 Å². The normalized spacial score (nSPS) is 14.5. The minimum atomic E-state index is -0.971. The predicted octanol–water partition coefficient (Wildman–Crippen LogP) is 3.04. The Morgan fingerprint density at radius 3 is 2.56 bits per heavy atom. The summed E-state index contributed by atoms with van der Waals surface area (Å²) < 4.78 is 33.7. The van der Waals surface area contributed by atoms with Crippen LogP contribution in [0, 0.1) is 11.6 Å². The lowest BCUT2D eigenvalue weighted by Gasteiger charge is -2.30. The molecular formula is C24H22F2N6O2. The highest BCUT2D eigenvalue weighted by Crippen LogP contribution is 2.22. The zero-order valence-corrected chi connectivity index (χ0v) is 18.5. The van der Waals surface area contributed by atoms with Crippen molar-refractivity contribution < 1.29 is 13.3 Å². The highest BCUT2D eigenvalue weighted by Gasteiger charge is 2.20. The van der Waals surface area contributed by atoms with Gasteiger partial charge in [0.1, 0.15) is 0 Å². The van der Waals surface area contributed by atoms with Crippen molar-refractivity contribution in [1.82, 2.24) is 24.8 Å². The molecule has 2 aromatic heterocycles. The monoisotopic (exact) mass is 464 g/mol. The van der Waals surface area contributed by atoms with E-state index < -0.39 is 11.6 Å². The van der Waals surface area contributed by atoms with Gasteiger partial charge in [0.05, 0.1) is 12.2 Å². The Labute approximate surface area is 194 Å². The van der Waals surface area contributed by atoms with E-state index in [-0.39, 0.29) is 12.1 Å². The van der Waals surface area contributed by atoms with Crippen LogP contribution in [0.3, 0.4) is 0 Å². The summed E-state index contributed by atoms with van der Waals surface area (Å²) in [5, 5.41) is 8.46. The van der Waals surface area contributed by atoms with Crippen LogP contribution in [0.15, 0.2) is 63.9 Å². The smallest absolute Gasteiger partial charge is 0.322 e. The number of nitrogens with zero attached hydrogens (tertiary/aromatic N) is 6. The van der Waals surface area contributed by atoms with E-state index in [1.165, 1.54) is 22.9 Å². The van der Waals surface area contributed by atoms with Gasteiger partial charge in [0.15, 0.2) is 11.6 Å². The SMILES string of the molecule is CN1CCN(c2nc(-c3cccc(Cn4nc(-c5ccc(F)c(F)c5)ccc4=O)c3)no2)CC1. The van der Waals surface area contributed by atoms with E-state index in [9.17, 15) is 13.6 Å². The number of aromatic nitrogens is 4. The molecule has 0 spiro atoms. The summed E-state index contributed by atoms with van der Waals surface area (Å²) in [7, 11) is 2.08. The quantitative estimate of drug-likeness (QED) is 0.449. The third-order valence-corrected chi connectivity index (χ3v) is 5.79. The molecule has 1 saturated heterocycles. The average Bonchev–Trinajstić information content (AvgIpc) is 3.33. The first kappa shape index (κ1) is 21.9. The molecule has 0 aliphatic carbocycles. The van der Waals surface area contributed by atoms with Gasteiger partial charge in [0.25, 0.3) is 5.56 Å². The fourth-order valence-corrected chi connectivity index (χ4v) is 3.81. The third kappa shape index (κ3) is 4.58. The molecule has 0 saturated carbocycles. The van der Waals surface area contributed by atoms with Gasteiger partial charge < -0.3 is 14.3 Å². The third-order valence-electron chi connectivity index (χ3n) is 5.79. The Hall–Kier alpha value is -3.92. The van der Waals surface area contributed by atoms with Crippen molar-refractivity contribution in [3.05, 3.63) is 82.1 Å². The summed E-state index contributed by atoms with van der Waals surface area (Å²) >= 11 is 0. The van der Waals surface area contributed by atoms with E-state index in [2.05, 4.69) is 32.1 Å². The summed E-state index contributed by atoms with van der Waals surface area (Å²) in [6, 6.07) is 14.3. The maximum Gasteiger partial charge on any atom is 0.324 e. The lowest BCUT2D eigenvalue weighted by molar-refractivity contribution is 0.298. The van der Waals surface area contributed by atoms with Gasteiger partial charge in [-0.2, -0.15) is 10.1 Å². The standard InChI is InChI=1S/C24H22F2N6O2/c1-30-9-11-31(12-10-30)24-27-23(29-34-24)18-4-2-3-16(13-18)15-32-22(33)8-7-21(28-32)17-5-6-19(25)20(26)14-17/h2-8,13-14H,9-12,15H2,1H3. The number of benzene rings is 2. The molecule has 1 aliphatic heterocycles. The topological polar surface area (TPSA) is 80.3 Å². The summed E-state index contributed by atoms with van der Waals surface area (Å²) in [5.74, 6) is -1.45. The first-order chi connectivity index (χ1) is 16.5. The van der Waals surface area contributed by atoms with Crippen LogP contribution in [0.2, 0.25) is 0 Å². The van der Waals surface area contributed by atoms with Crippen molar-refractivity contribution in [2.24, 2.45) is 0 Å². The number of likely N-dealkylation sites (N-methyl/N-ethyl adjacent to an activating group) is 1. The van der Waals surface area contributed by atoms with Gasteiger partial charge in [-0.25, -0.2) is 13.5 Å². The molecule has 5 rings (SSSR count). The van der Waals surface area contributed by atoms with Gasteiger partial charge in [-0.3, -0.25) is 4.79 Å². The van der Waals surface area contributed by atoms with Gasteiger partial charge in [-0.15, -0.1) is 0 Å². The van der Waals surface area contributed by atoms with E-state index in [0.29, 0.717) is 23.1 Å². The van der Waals surface area contributed by atoms with E-state index >= 15 is 0 Å². The molecule has 8 nitrogen and oxygen atoms in total. The van der Waals surface area contributed by atoms with Gasteiger partial charge in [0.2, 0.25) is 5.82 Å². The van der Waals surface area contributed by atoms with Crippen molar-refractivity contribution in [3.8, 4) is 22.6 Å². The number of piperazine rings is 1. The molecule has 1 aliphatic rings. The highest BCUT2D eigenvalue weighted by molar-refractivity contribution is 5.59. The Kier molecular flexibility index (Phi) is 5.89. The molecular weight excluding hydrogens is 442 g/mol. The Bertz CT molecular complexity index is 1380. The second-order valence-corrected chi connectivity index (χ2v) is 8.23. The largest absolute Gasteiger partial charge is 0.324 e. The Balaban J connectivity index is 1.37. The number of halogens is 2. The maximum atomic E-state index is 13.6. The molecule has 4 aromatic rings. The van der Waals surface area contributed by atoms with Crippen LogP contribution in [-0.4, -0.2) is 58.0 Å². The van der Waals surface area contributed by atoms with Crippen LogP contribution in [0.4, 0.5) is 14.8 Å². The molecule has 2 aromatic carbocycles. The number of hydrogen-bond donors (Lipinski definition) is 0. The van der Waals surface area contributed by atoms with Crippen molar-refractivity contribution >= 4 is 6.01 Å². The summed E-state index contributed by atoms with van der Waals surface area (Å²) in [6.45, 7) is 3.69. The lowest BCUT2D eigenvalue weighted by Crippen LogP contribution is -2.44. The van der Waals surface area contributed by atoms with Crippen LogP contribution in [-0.2, 0) is 6.54 Å². The lowest BCUT2D eigenvalue weighted by atomic mass is 10.1. The molecule has 0 N–H and O–H groups in total. The first-order valence-electron chi connectivity index (χ1n) is 10.9. The zero-order chi connectivity index (χ0) is 23.7. The second-order valence-electron chi connectivity index (χ2n) is 8.23. The van der Waals surface area contributed by atoms with Gasteiger partial charge in [-0.1, -0.05) is 23.4 Å². The van der Waals surface area contributed by atoms with Crippen molar-refractivity contribution in [1.29, 1.82) is 0 Å². The Morgan fingerprint density at radius 1 is 0.941 bits per heavy atom. The molecule has 0 amide bonds. The van der Waals surface area contributed by atoms with Crippen molar-refractivity contribution in [2.75, 3.05) is 38.1 Å².